The molecule has 0 atom stereocenters. The van der Waals surface area contributed by atoms with Crippen LogP contribution in [-0.2, 0) is 10.0 Å². The minimum atomic E-state index is -3.78. The number of aromatic nitrogens is 3. The highest BCUT2D eigenvalue weighted by atomic mass is 32.2. The maximum atomic E-state index is 11.8. The monoisotopic (exact) mass is 391 g/mol. The van der Waals surface area contributed by atoms with Crippen molar-refractivity contribution in [2.24, 2.45) is 0 Å². The van der Waals surface area contributed by atoms with Crippen LogP contribution < -0.4 is 4.72 Å². The van der Waals surface area contributed by atoms with Crippen LogP contribution in [0.15, 0.2) is 63.5 Å². The molecule has 0 saturated carbocycles. The molecular weight excluding hydrogens is 378 g/mol. The molecule has 0 aliphatic heterocycles. The quantitative estimate of drug-likeness (QED) is 0.487. The van der Waals surface area contributed by atoms with Gasteiger partial charge in [-0.1, -0.05) is 30.3 Å². The number of hydrogen-bond donors (Lipinski definition) is 2. The first kappa shape index (κ1) is 18.0. The van der Waals surface area contributed by atoms with Gasteiger partial charge in [0, 0.05) is 11.6 Å². The zero-order valence-electron chi connectivity index (χ0n) is 13.4. The Hall–Kier alpha value is -2.76. The standard InChI is InChI=1S/C15H13N5O4S2/c1-16-26(23,24)11-7-8-13(12(9-11)20(21)22)25-15-17-14(18-19-15)10-5-3-2-4-6-10/h2-9,16H,1H3,(H,17,18,19). The van der Waals surface area contributed by atoms with E-state index in [1.807, 2.05) is 30.3 Å². The number of benzene rings is 2. The highest BCUT2D eigenvalue weighted by Gasteiger charge is 2.22. The number of H-pyrrole nitrogens is 1. The lowest BCUT2D eigenvalue weighted by molar-refractivity contribution is -0.388. The molecule has 0 bridgehead atoms. The van der Waals surface area contributed by atoms with Crippen molar-refractivity contribution in [2.75, 3.05) is 7.05 Å². The summed E-state index contributed by atoms with van der Waals surface area (Å²) in [7, 11) is -2.54. The SMILES string of the molecule is CNS(=O)(=O)c1ccc(Sc2n[nH]c(-c3ccccc3)n2)c([N+](=O)[O-])c1. The van der Waals surface area contributed by atoms with Gasteiger partial charge in [0.25, 0.3) is 5.69 Å². The maximum Gasteiger partial charge on any atom is 0.284 e. The van der Waals surface area contributed by atoms with Crippen molar-refractivity contribution < 1.29 is 13.3 Å². The maximum absolute atomic E-state index is 11.8. The molecule has 0 saturated heterocycles. The Morgan fingerprint density at radius 1 is 1.19 bits per heavy atom. The number of sulfonamides is 1. The minimum absolute atomic E-state index is 0.184. The highest BCUT2D eigenvalue weighted by Crippen LogP contribution is 2.35. The predicted octanol–water partition coefficient (Wildman–Crippen LogP) is 2.44. The van der Waals surface area contributed by atoms with Crippen molar-refractivity contribution in [3.8, 4) is 11.4 Å². The van der Waals surface area contributed by atoms with Crippen molar-refractivity contribution in [1.82, 2.24) is 19.9 Å². The van der Waals surface area contributed by atoms with Crippen molar-refractivity contribution in [2.45, 2.75) is 14.9 Å². The second-order valence-corrected chi connectivity index (χ2v) is 7.92. The third kappa shape index (κ3) is 3.74. The van der Waals surface area contributed by atoms with Crippen LogP contribution in [0.1, 0.15) is 0 Å². The van der Waals surface area contributed by atoms with E-state index in [1.54, 1.807) is 0 Å². The molecule has 0 radical (unpaired) electrons. The fraction of sp³-hybridized carbons (Fsp3) is 0.0667. The Balaban J connectivity index is 1.93. The molecular formula is C15H13N5O4S2. The summed E-state index contributed by atoms with van der Waals surface area (Å²) in [5, 5.41) is 18.5. The van der Waals surface area contributed by atoms with Crippen LogP contribution in [-0.4, -0.2) is 35.6 Å². The van der Waals surface area contributed by atoms with E-state index in [0.29, 0.717) is 5.82 Å². The molecule has 0 aliphatic rings. The third-order valence-electron chi connectivity index (χ3n) is 3.42. The Morgan fingerprint density at radius 3 is 2.58 bits per heavy atom. The molecule has 11 heteroatoms. The molecule has 0 unspecified atom stereocenters. The second-order valence-electron chi connectivity index (χ2n) is 5.03. The fourth-order valence-corrected chi connectivity index (χ4v) is 3.68. The number of hydrogen-bond acceptors (Lipinski definition) is 7. The first-order valence-corrected chi connectivity index (χ1v) is 9.58. The van der Waals surface area contributed by atoms with Gasteiger partial charge in [-0.3, -0.25) is 15.2 Å². The highest BCUT2D eigenvalue weighted by molar-refractivity contribution is 7.99. The lowest BCUT2D eigenvalue weighted by atomic mass is 10.2. The lowest BCUT2D eigenvalue weighted by Crippen LogP contribution is -2.18. The zero-order chi connectivity index (χ0) is 18.7. The van der Waals surface area contributed by atoms with Crippen LogP contribution >= 0.6 is 11.8 Å². The Labute approximate surface area is 153 Å². The molecule has 0 spiro atoms. The average molecular weight is 391 g/mol. The van der Waals surface area contributed by atoms with E-state index in [0.717, 1.165) is 23.4 Å². The van der Waals surface area contributed by atoms with Crippen LogP contribution in [0, 0.1) is 10.1 Å². The first-order chi connectivity index (χ1) is 12.4. The van der Waals surface area contributed by atoms with Gasteiger partial charge in [-0.15, -0.1) is 5.10 Å². The summed E-state index contributed by atoms with van der Waals surface area (Å²) in [5.74, 6) is 0.533. The predicted molar refractivity (Wildman–Crippen MR) is 95.3 cm³/mol. The van der Waals surface area contributed by atoms with E-state index < -0.39 is 14.9 Å². The molecule has 0 amide bonds. The zero-order valence-corrected chi connectivity index (χ0v) is 15.0. The van der Waals surface area contributed by atoms with Gasteiger partial charge in [0.15, 0.2) is 5.82 Å². The molecule has 134 valence electrons. The molecule has 9 nitrogen and oxygen atoms in total. The van der Waals surface area contributed by atoms with Gasteiger partial charge in [-0.2, -0.15) is 0 Å². The number of nitro groups is 1. The van der Waals surface area contributed by atoms with E-state index in [4.69, 9.17) is 0 Å². The van der Waals surface area contributed by atoms with Gasteiger partial charge < -0.3 is 0 Å². The van der Waals surface area contributed by atoms with Gasteiger partial charge in [-0.05, 0) is 30.9 Å². The van der Waals surface area contributed by atoms with Crippen molar-refractivity contribution in [3.63, 3.8) is 0 Å². The van der Waals surface area contributed by atoms with Crippen LogP contribution in [0.3, 0.4) is 0 Å². The van der Waals surface area contributed by atoms with Crippen molar-refractivity contribution >= 4 is 27.5 Å². The lowest BCUT2D eigenvalue weighted by Gasteiger charge is -2.04. The molecule has 2 N–H and O–H groups in total. The van der Waals surface area contributed by atoms with Gasteiger partial charge in [0.2, 0.25) is 15.2 Å². The summed E-state index contributed by atoms with van der Waals surface area (Å²) in [5.41, 5.74) is 0.495. The number of nitrogens with one attached hydrogen (secondary N) is 2. The number of rotatable bonds is 6. The van der Waals surface area contributed by atoms with Crippen molar-refractivity contribution in [3.05, 3.63) is 58.6 Å². The normalized spacial score (nSPS) is 11.4. The molecule has 1 aromatic heterocycles. The van der Waals surface area contributed by atoms with E-state index in [1.165, 1.54) is 19.2 Å². The summed E-state index contributed by atoms with van der Waals surface area (Å²) >= 11 is 0.975. The van der Waals surface area contributed by atoms with E-state index in [-0.39, 0.29) is 20.6 Å². The molecule has 0 fully saturated rings. The van der Waals surface area contributed by atoms with Crippen LogP contribution in [0.4, 0.5) is 5.69 Å². The Bertz CT molecular complexity index is 1050. The summed E-state index contributed by atoms with van der Waals surface area (Å²) in [4.78, 5) is 15.1. The molecule has 3 aromatic rings. The topological polar surface area (TPSA) is 131 Å². The molecule has 0 aliphatic carbocycles. The first-order valence-electron chi connectivity index (χ1n) is 7.28. The third-order valence-corrected chi connectivity index (χ3v) is 5.76. The average Bonchev–Trinajstić information content (AvgIpc) is 3.11. The van der Waals surface area contributed by atoms with Gasteiger partial charge in [-0.25, -0.2) is 18.1 Å². The van der Waals surface area contributed by atoms with E-state index >= 15 is 0 Å². The Kier molecular flexibility index (Phi) is 5.02. The van der Waals surface area contributed by atoms with Gasteiger partial charge >= 0.3 is 0 Å². The number of nitro benzene ring substituents is 1. The largest absolute Gasteiger partial charge is 0.284 e. The number of nitrogens with zero attached hydrogens (tertiary/aromatic N) is 3. The summed E-state index contributed by atoms with van der Waals surface area (Å²) in [6.07, 6.45) is 0. The summed E-state index contributed by atoms with van der Waals surface area (Å²) in [6.45, 7) is 0. The summed E-state index contributed by atoms with van der Waals surface area (Å²) in [6, 6.07) is 13.0. The second kappa shape index (κ2) is 7.23. The van der Waals surface area contributed by atoms with Gasteiger partial charge in [0.05, 0.1) is 14.7 Å². The van der Waals surface area contributed by atoms with Crippen LogP contribution in [0.2, 0.25) is 0 Å². The molecule has 1 heterocycles. The number of aromatic amines is 1. The van der Waals surface area contributed by atoms with Crippen molar-refractivity contribution in [1.29, 1.82) is 0 Å². The fourth-order valence-electron chi connectivity index (χ4n) is 2.13. The van der Waals surface area contributed by atoms with Crippen LogP contribution in [0.25, 0.3) is 11.4 Å². The van der Waals surface area contributed by atoms with Gasteiger partial charge in [0.1, 0.15) is 0 Å². The smallest absolute Gasteiger partial charge is 0.258 e. The van der Waals surface area contributed by atoms with Crippen LogP contribution in [0.5, 0.6) is 0 Å². The van der Waals surface area contributed by atoms with E-state index in [9.17, 15) is 18.5 Å². The molecule has 2 aromatic carbocycles. The minimum Gasteiger partial charge on any atom is -0.258 e. The summed E-state index contributed by atoms with van der Waals surface area (Å²) < 4.78 is 25.8. The Morgan fingerprint density at radius 2 is 1.92 bits per heavy atom. The molecule has 26 heavy (non-hydrogen) atoms. The molecule has 3 rings (SSSR count). The van der Waals surface area contributed by atoms with E-state index in [2.05, 4.69) is 19.9 Å².